The van der Waals surface area contributed by atoms with E-state index in [1.165, 1.54) is 6.08 Å². The molecule has 0 bridgehead atoms. The van der Waals surface area contributed by atoms with Gasteiger partial charge in [0.25, 0.3) is 0 Å². The SMILES string of the molecule is Cc1ccc(C=CC(=O)N2CCNC(=O)C2(C)C)o1. The second-order valence-electron chi connectivity index (χ2n) is 5.09. The lowest BCUT2D eigenvalue weighted by Gasteiger charge is -2.40. The highest BCUT2D eigenvalue weighted by atomic mass is 16.3. The van der Waals surface area contributed by atoms with Crippen LogP contribution in [0.15, 0.2) is 22.6 Å². The Morgan fingerprint density at radius 1 is 1.47 bits per heavy atom. The number of hydrogen-bond acceptors (Lipinski definition) is 3. The maximum Gasteiger partial charge on any atom is 0.247 e. The van der Waals surface area contributed by atoms with E-state index in [9.17, 15) is 9.59 Å². The third-order valence-electron chi connectivity index (χ3n) is 3.27. The quantitative estimate of drug-likeness (QED) is 0.818. The summed E-state index contributed by atoms with van der Waals surface area (Å²) in [7, 11) is 0. The minimum Gasteiger partial charge on any atom is -0.462 e. The van der Waals surface area contributed by atoms with E-state index in [0.717, 1.165) is 5.76 Å². The summed E-state index contributed by atoms with van der Waals surface area (Å²) in [6, 6.07) is 3.63. The second kappa shape index (κ2) is 4.91. The van der Waals surface area contributed by atoms with Crippen LogP contribution in [0.5, 0.6) is 0 Å². The standard InChI is InChI=1S/C14H18N2O3/c1-10-4-5-11(19-10)6-7-12(17)16-9-8-15-13(18)14(16,2)3/h4-7H,8-9H2,1-3H3,(H,15,18). The first-order chi connectivity index (χ1) is 8.91. The van der Waals surface area contributed by atoms with E-state index in [1.54, 1.807) is 30.9 Å². The van der Waals surface area contributed by atoms with E-state index >= 15 is 0 Å². The van der Waals surface area contributed by atoms with Gasteiger partial charge in [-0.25, -0.2) is 0 Å². The molecule has 0 saturated carbocycles. The van der Waals surface area contributed by atoms with Crippen LogP contribution in [0, 0.1) is 6.92 Å². The summed E-state index contributed by atoms with van der Waals surface area (Å²) in [6.45, 7) is 6.33. The second-order valence-corrected chi connectivity index (χ2v) is 5.09. The summed E-state index contributed by atoms with van der Waals surface area (Å²) in [6.07, 6.45) is 3.07. The number of aryl methyl sites for hydroxylation is 1. The molecule has 0 unspecified atom stereocenters. The molecule has 1 aromatic rings. The number of nitrogens with zero attached hydrogens (tertiary/aromatic N) is 1. The summed E-state index contributed by atoms with van der Waals surface area (Å²) in [5.41, 5.74) is -0.821. The fraction of sp³-hybridized carbons (Fsp3) is 0.429. The zero-order valence-electron chi connectivity index (χ0n) is 11.4. The Labute approximate surface area is 112 Å². The molecule has 19 heavy (non-hydrogen) atoms. The third kappa shape index (κ3) is 2.70. The zero-order valence-corrected chi connectivity index (χ0v) is 11.4. The fourth-order valence-corrected chi connectivity index (χ4v) is 2.07. The van der Waals surface area contributed by atoms with Gasteiger partial charge in [-0.1, -0.05) is 0 Å². The van der Waals surface area contributed by atoms with E-state index in [0.29, 0.717) is 18.8 Å². The predicted octanol–water partition coefficient (Wildman–Crippen LogP) is 1.34. The lowest BCUT2D eigenvalue weighted by Crippen LogP contribution is -2.63. The van der Waals surface area contributed by atoms with Crippen LogP contribution in [0.1, 0.15) is 25.4 Å². The smallest absolute Gasteiger partial charge is 0.247 e. The number of amides is 2. The Hall–Kier alpha value is -2.04. The Morgan fingerprint density at radius 2 is 2.21 bits per heavy atom. The number of furan rings is 1. The number of carbonyl (C=O) groups excluding carboxylic acids is 2. The van der Waals surface area contributed by atoms with Crippen LogP contribution in [0.2, 0.25) is 0 Å². The molecule has 0 aliphatic carbocycles. The van der Waals surface area contributed by atoms with Crippen molar-refractivity contribution in [3.05, 3.63) is 29.7 Å². The molecule has 1 aromatic heterocycles. The molecule has 0 atom stereocenters. The van der Waals surface area contributed by atoms with Crippen molar-refractivity contribution in [1.29, 1.82) is 0 Å². The number of piperazine rings is 1. The molecular formula is C14H18N2O3. The number of hydrogen-bond donors (Lipinski definition) is 1. The summed E-state index contributed by atoms with van der Waals surface area (Å²) in [4.78, 5) is 25.5. The van der Waals surface area contributed by atoms with Gasteiger partial charge in [-0.2, -0.15) is 0 Å². The highest BCUT2D eigenvalue weighted by Crippen LogP contribution is 2.18. The van der Waals surface area contributed by atoms with Crippen molar-refractivity contribution in [1.82, 2.24) is 10.2 Å². The summed E-state index contributed by atoms with van der Waals surface area (Å²) >= 11 is 0. The topological polar surface area (TPSA) is 62.6 Å². The zero-order chi connectivity index (χ0) is 14.0. The third-order valence-corrected chi connectivity index (χ3v) is 3.27. The first kappa shape index (κ1) is 13.4. The van der Waals surface area contributed by atoms with Gasteiger partial charge < -0.3 is 14.6 Å². The van der Waals surface area contributed by atoms with Crippen LogP contribution in [-0.4, -0.2) is 35.3 Å². The van der Waals surface area contributed by atoms with Gasteiger partial charge in [0.2, 0.25) is 11.8 Å². The van der Waals surface area contributed by atoms with Gasteiger partial charge in [0.05, 0.1) is 0 Å². The highest BCUT2D eigenvalue weighted by molar-refractivity contribution is 5.97. The Morgan fingerprint density at radius 3 is 2.84 bits per heavy atom. The Bertz CT molecular complexity index is 529. The molecule has 1 N–H and O–H groups in total. The maximum absolute atomic E-state index is 12.2. The van der Waals surface area contributed by atoms with Crippen LogP contribution >= 0.6 is 0 Å². The molecule has 0 aromatic carbocycles. The minimum atomic E-state index is -0.821. The maximum atomic E-state index is 12.2. The first-order valence-electron chi connectivity index (χ1n) is 6.25. The normalized spacial score (nSPS) is 18.7. The van der Waals surface area contributed by atoms with Crippen molar-refractivity contribution in [3.63, 3.8) is 0 Å². The highest BCUT2D eigenvalue weighted by Gasteiger charge is 2.39. The average molecular weight is 262 g/mol. The van der Waals surface area contributed by atoms with Crippen molar-refractivity contribution in [2.45, 2.75) is 26.3 Å². The summed E-state index contributed by atoms with van der Waals surface area (Å²) < 4.78 is 5.36. The van der Waals surface area contributed by atoms with E-state index in [2.05, 4.69) is 5.32 Å². The van der Waals surface area contributed by atoms with Gasteiger partial charge in [0.15, 0.2) is 0 Å². The molecule has 2 heterocycles. The molecule has 2 amide bonds. The Kier molecular flexibility index (Phi) is 3.46. The lowest BCUT2D eigenvalue weighted by atomic mass is 9.99. The molecular weight excluding hydrogens is 244 g/mol. The van der Waals surface area contributed by atoms with Crippen molar-refractivity contribution in [3.8, 4) is 0 Å². The monoisotopic (exact) mass is 262 g/mol. The van der Waals surface area contributed by atoms with Crippen molar-refractivity contribution >= 4 is 17.9 Å². The van der Waals surface area contributed by atoms with Gasteiger partial charge in [-0.15, -0.1) is 0 Å². The Balaban J connectivity index is 2.11. The van der Waals surface area contributed by atoms with Gasteiger partial charge >= 0.3 is 0 Å². The van der Waals surface area contributed by atoms with Crippen molar-refractivity contribution in [2.75, 3.05) is 13.1 Å². The lowest BCUT2D eigenvalue weighted by molar-refractivity contribution is -0.146. The number of carbonyl (C=O) groups is 2. The summed E-state index contributed by atoms with van der Waals surface area (Å²) in [5, 5.41) is 2.76. The molecule has 1 saturated heterocycles. The molecule has 1 fully saturated rings. The fourth-order valence-electron chi connectivity index (χ4n) is 2.07. The van der Waals surface area contributed by atoms with Crippen LogP contribution in [0.3, 0.4) is 0 Å². The molecule has 1 aliphatic rings. The molecule has 0 radical (unpaired) electrons. The molecule has 5 heteroatoms. The van der Waals surface area contributed by atoms with Crippen LogP contribution in [0.4, 0.5) is 0 Å². The van der Waals surface area contributed by atoms with Crippen molar-refractivity contribution in [2.24, 2.45) is 0 Å². The molecule has 102 valence electrons. The molecule has 1 aliphatic heterocycles. The van der Waals surface area contributed by atoms with Gasteiger partial charge in [-0.3, -0.25) is 9.59 Å². The van der Waals surface area contributed by atoms with Crippen LogP contribution < -0.4 is 5.32 Å². The minimum absolute atomic E-state index is 0.130. The molecule has 0 spiro atoms. The van der Waals surface area contributed by atoms with Gasteiger partial charge in [0.1, 0.15) is 17.1 Å². The van der Waals surface area contributed by atoms with E-state index < -0.39 is 5.54 Å². The van der Waals surface area contributed by atoms with Crippen molar-refractivity contribution < 1.29 is 14.0 Å². The molecule has 5 nitrogen and oxygen atoms in total. The van der Waals surface area contributed by atoms with E-state index in [-0.39, 0.29) is 11.8 Å². The molecule has 2 rings (SSSR count). The van der Waals surface area contributed by atoms with E-state index in [4.69, 9.17) is 4.42 Å². The number of nitrogens with one attached hydrogen (secondary N) is 1. The van der Waals surface area contributed by atoms with Gasteiger partial charge in [0, 0.05) is 19.2 Å². The van der Waals surface area contributed by atoms with Crippen LogP contribution in [-0.2, 0) is 9.59 Å². The predicted molar refractivity (Wildman–Crippen MR) is 71.3 cm³/mol. The van der Waals surface area contributed by atoms with Gasteiger partial charge in [-0.05, 0) is 39.0 Å². The van der Waals surface area contributed by atoms with E-state index in [1.807, 2.05) is 13.0 Å². The van der Waals surface area contributed by atoms with Crippen LogP contribution in [0.25, 0.3) is 6.08 Å². The number of rotatable bonds is 2. The average Bonchev–Trinajstić information content (AvgIpc) is 2.75. The first-order valence-corrected chi connectivity index (χ1v) is 6.25. The largest absolute Gasteiger partial charge is 0.462 e. The summed E-state index contributed by atoms with van der Waals surface area (Å²) in [5.74, 6) is 1.11.